The molecule has 0 unspecified atom stereocenters. The first-order valence-electron chi connectivity index (χ1n) is 9.00. The molecule has 4 rings (SSSR count). The minimum atomic E-state index is -3.60. The second kappa shape index (κ2) is 7.64. The van der Waals surface area contributed by atoms with E-state index < -0.39 is 10.0 Å². The molecule has 3 aromatic rings. The van der Waals surface area contributed by atoms with Gasteiger partial charge in [0, 0.05) is 50.3 Å². The second-order valence-corrected chi connectivity index (χ2v) is 8.63. The van der Waals surface area contributed by atoms with Crippen LogP contribution in [0.2, 0.25) is 0 Å². The topological polar surface area (TPSA) is 106 Å². The standard InChI is InChI=1S/C18H21N7O2S/c1-24-12-18(21-13-24)28(26,27)25-9-3-4-14(11-25)15-5-2-6-16(22-15)23-17-10-19-7-8-20-17/h2,5-8,10,12-14H,3-4,9,11H2,1H3,(H,20,22,23)/t14-/m1/s1. The zero-order chi connectivity index (χ0) is 19.6. The average molecular weight is 399 g/mol. The van der Waals surface area contributed by atoms with E-state index in [0.717, 1.165) is 18.5 Å². The monoisotopic (exact) mass is 399 g/mol. The molecular weight excluding hydrogens is 378 g/mol. The highest BCUT2D eigenvalue weighted by Gasteiger charge is 2.32. The first-order chi connectivity index (χ1) is 13.5. The van der Waals surface area contributed by atoms with Crippen molar-refractivity contribution in [3.05, 3.63) is 55.0 Å². The Morgan fingerprint density at radius 3 is 2.82 bits per heavy atom. The predicted molar refractivity (Wildman–Crippen MR) is 103 cm³/mol. The number of aryl methyl sites for hydroxylation is 1. The van der Waals surface area contributed by atoms with Crippen molar-refractivity contribution in [3.63, 3.8) is 0 Å². The Kier molecular flexibility index (Phi) is 5.05. The van der Waals surface area contributed by atoms with Crippen LogP contribution in [-0.2, 0) is 17.1 Å². The van der Waals surface area contributed by atoms with Crippen LogP contribution in [-0.4, -0.2) is 50.3 Å². The van der Waals surface area contributed by atoms with E-state index in [0.29, 0.717) is 24.7 Å². The number of rotatable bonds is 5. The van der Waals surface area contributed by atoms with Crippen molar-refractivity contribution in [2.45, 2.75) is 23.8 Å². The Hall–Kier alpha value is -2.85. The largest absolute Gasteiger partial charge is 0.339 e. The molecule has 0 aromatic carbocycles. The number of imidazole rings is 1. The van der Waals surface area contributed by atoms with Crippen molar-refractivity contribution in [1.82, 2.24) is 28.8 Å². The molecule has 1 fully saturated rings. The molecule has 1 aliphatic rings. The van der Waals surface area contributed by atoms with Gasteiger partial charge in [0.2, 0.25) is 0 Å². The highest BCUT2D eigenvalue weighted by molar-refractivity contribution is 7.89. The summed E-state index contributed by atoms with van der Waals surface area (Å²) in [5.41, 5.74) is 0.856. The Morgan fingerprint density at radius 2 is 2.07 bits per heavy atom. The van der Waals surface area contributed by atoms with Crippen LogP contribution in [0.25, 0.3) is 0 Å². The number of aromatic nitrogens is 5. The van der Waals surface area contributed by atoms with Gasteiger partial charge < -0.3 is 9.88 Å². The zero-order valence-corrected chi connectivity index (χ0v) is 16.2. The Balaban J connectivity index is 1.52. The fraction of sp³-hybridized carbons (Fsp3) is 0.333. The number of hydrogen-bond donors (Lipinski definition) is 1. The normalized spacial score (nSPS) is 18.1. The third-order valence-electron chi connectivity index (χ3n) is 4.68. The Labute approximate surface area is 163 Å². The van der Waals surface area contributed by atoms with Gasteiger partial charge >= 0.3 is 0 Å². The number of anilines is 2. The van der Waals surface area contributed by atoms with Gasteiger partial charge in [-0.3, -0.25) is 4.98 Å². The molecule has 1 saturated heterocycles. The average Bonchev–Trinajstić information content (AvgIpc) is 3.16. The predicted octanol–water partition coefficient (Wildman–Crippen LogP) is 1.92. The van der Waals surface area contributed by atoms with Crippen LogP contribution in [0.15, 0.2) is 54.3 Å². The van der Waals surface area contributed by atoms with Crippen molar-refractivity contribution < 1.29 is 8.42 Å². The SMILES string of the molecule is Cn1cnc(S(=O)(=O)N2CCC[C@@H](c3cccc(Nc4cnccn4)n3)C2)c1. The summed E-state index contributed by atoms with van der Waals surface area (Å²) in [6.45, 7) is 0.882. The molecule has 10 heteroatoms. The molecule has 0 bridgehead atoms. The summed E-state index contributed by atoms with van der Waals surface area (Å²) in [5, 5.41) is 3.21. The van der Waals surface area contributed by atoms with E-state index in [1.54, 1.807) is 30.2 Å². The van der Waals surface area contributed by atoms with Crippen LogP contribution in [0.5, 0.6) is 0 Å². The minimum Gasteiger partial charge on any atom is -0.339 e. The second-order valence-electron chi connectivity index (χ2n) is 6.74. The number of piperidine rings is 1. The maximum atomic E-state index is 12.9. The van der Waals surface area contributed by atoms with Crippen LogP contribution < -0.4 is 5.32 Å². The lowest BCUT2D eigenvalue weighted by Crippen LogP contribution is -2.39. The molecule has 146 valence electrons. The van der Waals surface area contributed by atoms with Gasteiger partial charge in [0.05, 0.1) is 12.5 Å². The molecule has 0 spiro atoms. The highest BCUT2D eigenvalue weighted by Crippen LogP contribution is 2.29. The molecule has 9 nitrogen and oxygen atoms in total. The van der Waals surface area contributed by atoms with E-state index >= 15 is 0 Å². The third-order valence-corrected chi connectivity index (χ3v) is 6.43. The number of pyridine rings is 1. The van der Waals surface area contributed by atoms with Gasteiger partial charge in [-0.05, 0) is 25.0 Å². The van der Waals surface area contributed by atoms with E-state index in [1.807, 2.05) is 18.2 Å². The highest BCUT2D eigenvalue weighted by atomic mass is 32.2. The summed E-state index contributed by atoms with van der Waals surface area (Å²) in [7, 11) is -1.85. The molecular formula is C18H21N7O2S. The van der Waals surface area contributed by atoms with Crippen LogP contribution in [0.1, 0.15) is 24.5 Å². The molecule has 28 heavy (non-hydrogen) atoms. The lowest BCUT2D eigenvalue weighted by molar-refractivity contribution is 0.312. The third kappa shape index (κ3) is 3.87. The maximum Gasteiger partial charge on any atom is 0.262 e. The van der Waals surface area contributed by atoms with Gasteiger partial charge in [-0.2, -0.15) is 4.31 Å². The number of hydrogen-bond acceptors (Lipinski definition) is 7. The quantitative estimate of drug-likeness (QED) is 0.698. The smallest absolute Gasteiger partial charge is 0.262 e. The molecule has 4 heterocycles. The molecule has 0 saturated carbocycles. The number of nitrogens with one attached hydrogen (secondary N) is 1. The van der Waals surface area contributed by atoms with Gasteiger partial charge in [0.1, 0.15) is 11.6 Å². The fourth-order valence-electron chi connectivity index (χ4n) is 3.30. The summed E-state index contributed by atoms with van der Waals surface area (Å²) in [5.74, 6) is 1.29. The molecule has 0 radical (unpaired) electrons. The van der Waals surface area contributed by atoms with Gasteiger partial charge in [-0.1, -0.05) is 6.07 Å². The molecule has 0 amide bonds. The fourth-order valence-corrected chi connectivity index (χ4v) is 4.79. The summed E-state index contributed by atoms with van der Waals surface area (Å²) in [6.07, 6.45) is 9.52. The number of nitrogens with zero attached hydrogens (tertiary/aromatic N) is 6. The van der Waals surface area contributed by atoms with Crippen molar-refractivity contribution in [1.29, 1.82) is 0 Å². The van der Waals surface area contributed by atoms with Crippen molar-refractivity contribution in [2.75, 3.05) is 18.4 Å². The van der Waals surface area contributed by atoms with E-state index in [1.165, 1.54) is 16.8 Å². The van der Waals surface area contributed by atoms with Gasteiger partial charge in [-0.15, -0.1) is 0 Å². The van der Waals surface area contributed by atoms with Crippen LogP contribution in [0.4, 0.5) is 11.6 Å². The zero-order valence-electron chi connectivity index (χ0n) is 15.4. The molecule has 3 aromatic heterocycles. The van der Waals surface area contributed by atoms with E-state index in [-0.39, 0.29) is 10.9 Å². The molecule has 0 aliphatic carbocycles. The summed E-state index contributed by atoms with van der Waals surface area (Å²) in [6, 6.07) is 5.69. The molecule has 1 atom stereocenters. The molecule has 1 N–H and O–H groups in total. The van der Waals surface area contributed by atoms with Gasteiger partial charge in [-0.25, -0.2) is 23.4 Å². The van der Waals surface area contributed by atoms with Gasteiger partial charge in [0.15, 0.2) is 5.03 Å². The summed E-state index contributed by atoms with van der Waals surface area (Å²) in [4.78, 5) is 16.9. The Morgan fingerprint density at radius 1 is 1.18 bits per heavy atom. The molecule has 1 aliphatic heterocycles. The number of sulfonamides is 1. The van der Waals surface area contributed by atoms with E-state index in [2.05, 4.69) is 25.3 Å². The van der Waals surface area contributed by atoms with Crippen molar-refractivity contribution in [2.24, 2.45) is 7.05 Å². The maximum absolute atomic E-state index is 12.9. The van der Waals surface area contributed by atoms with Crippen LogP contribution in [0, 0.1) is 0 Å². The van der Waals surface area contributed by atoms with Crippen LogP contribution >= 0.6 is 0 Å². The summed E-state index contributed by atoms with van der Waals surface area (Å²) >= 11 is 0. The van der Waals surface area contributed by atoms with Crippen molar-refractivity contribution in [3.8, 4) is 0 Å². The van der Waals surface area contributed by atoms with E-state index in [4.69, 9.17) is 0 Å². The first kappa shape index (κ1) is 18.5. The lowest BCUT2D eigenvalue weighted by atomic mass is 9.95. The van der Waals surface area contributed by atoms with Crippen molar-refractivity contribution >= 4 is 21.7 Å². The van der Waals surface area contributed by atoms with Gasteiger partial charge in [0.25, 0.3) is 10.0 Å². The van der Waals surface area contributed by atoms with Crippen LogP contribution in [0.3, 0.4) is 0 Å². The van der Waals surface area contributed by atoms with E-state index in [9.17, 15) is 8.42 Å². The minimum absolute atomic E-state index is 0.0239. The lowest BCUT2D eigenvalue weighted by Gasteiger charge is -2.31. The first-order valence-corrected chi connectivity index (χ1v) is 10.4. The Bertz CT molecular complexity index is 1050. The summed E-state index contributed by atoms with van der Waals surface area (Å²) < 4.78 is 28.9.